The Morgan fingerprint density at radius 3 is 2.52 bits per heavy atom. The topological polar surface area (TPSA) is 169 Å². The van der Waals surface area contributed by atoms with Crippen LogP contribution in [0.4, 0.5) is 4.39 Å². The number of rotatable bonds is 13. The van der Waals surface area contributed by atoms with Gasteiger partial charge in [0.2, 0.25) is 5.78 Å². The summed E-state index contributed by atoms with van der Waals surface area (Å²) in [4.78, 5) is 56.2. The number of Topliss-reactive ketones (excluding diaryl/α,β-unsaturated/α-hetero) is 1. The SMILES string of the molecule is CCCCC(=O)O[C@]1(C(=O)COC(=O)COCCON(O)O)[C@@H](C)C[C@H]2C3CCC4=CC(=O)C=C[C@]4(C)[C@@]3(F)[C@@H](O)C[C@@]21C. The summed E-state index contributed by atoms with van der Waals surface area (Å²) in [5, 5.41) is 28.3. The van der Waals surface area contributed by atoms with Gasteiger partial charge in [-0.25, -0.2) is 14.0 Å². The standard InChI is InChI=1S/C31H44FNO11/c1-5-6-7-26(37)44-31(25(36)17-42-27(38)18-41-12-13-43-33(39)40)19(2)14-23-22-9-8-20-15-21(34)10-11-28(20,3)30(22,32)24(35)16-29(23,31)4/h10-11,15,19,22-24,35,39-40H,5-9,12-14,16-18H2,1-4H3/t19-,22?,23-,24-,28-,29-,30-,31-/m0/s1. The van der Waals surface area contributed by atoms with E-state index >= 15 is 4.39 Å². The Labute approximate surface area is 256 Å². The predicted octanol–water partition coefficient (Wildman–Crippen LogP) is 3.22. The van der Waals surface area contributed by atoms with E-state index in [-0.39, 0.29) is 31.8 Å². The van der Waals surface area contributed by atoms with Crippen LogP contribution in [0.3, 0.4) is 0 Å². The minimum atomic E-state index is -2.12. The molecule has 0 amide bonds. The second-order valence-electron chi connectivity index (χ2n) is 12.9. The highest BCUT2D eigenvalue weighted by Gasteiger charge is 2.77. The third-order valence-corrected chi connectivity index (χ3v) is 10.6. The van der Waals surface area contributed by atoms with Crippen LogP contribution in [0.2, 0.25) is 0 Å². The molecule has 1 unspecified atom stereocenters. The molecule has 0 spiro atoms. The molecule has 4 aliphatic rings. The molecule has 3 N–H and O–H groups in total. The van der Waals surface area contributed by atoms with Crippen molar-refractivity contribution in [2.24, 2.45) is 28.6 Å². The second-order valence-corrected chi connectivity index (χ2v) is 12.9. The van der Waals surface area contributed by atoms with Crippen molar-refractivity contribution in [2.75, 3.05) is 26.4 Å². The van der Waals surface area contributed by atoms with Gasteiger partial charge < -0.3 is 19.3 Å². The Kier molecular flexibility index (Phi) is 10.2. The molecular weight excluding hydrogens is 581 g/mol. The van der Waals surface area contributed by atoms with E-state index in [2.05, 4.69) is 4.84 Å². The van der Waals surface area contributed by atoms with E-state index in [0.29, 0.717) is 31.3 Å². The molecule has 3 fully saturated rings. The van der Waals surface area contributed by atoms with E-state index in [0.717, 1.165) is 6.42 Å². The quantitative estimate of drug-likeness (QED) is 0.155. The first kappa shape index (κ1) is 34.3. The van der Waals surface area contributed by atoms with Crippen LogP contribution in [0.5, 0.6) is 0 Å². The van der Waals surface area contributed by atoms with Gasteiger partial charge in [-0.2, -0.15) is 0 Å². The zero-order chi connectivity index (χ0) is 32.5. The Morgan fingerprint density at radius 2 is 1.84 bits per heavy atom. The summed E-state index contributed by atoms with van der Waals surface area (Å²) in [7, 11) is 0. The van der Waals surface area contributed by atoms with E-state index < -0.39 is 82.3 Å². The van der Waals surface area contributed by atoms with Crippen molar-refractivity contribution in [1.29, 1.82) is 0 Å². The molecule has 12 nitrogen and oxygen atoms in total. The average Bonchev–Trinajstić information content (AvgIpc) is 3.17. The van der Waals surface area contributed by atoms with Gasteiger partial charge in [0.05, 0.1) is 24.7 Å². The molecule has 13 heteroatoms. The monoisotopic (exact) mass is 625 g/mol. The van der Waals surface area contributed by atoms with Gasteiger partial charge in [0.25, 0.3) is 0 Å². The van der Waals surface area contributed by atoms with Gasteiger partial charge in [-0.3, -0.25) is 24.8 Å². The zero-order valence-electron chi connectivity index (χ0n) is 25.8. The van der Waals surface area contributed by atoms with E-state index in [1.807, 2.05) is 6.92 Å². The number of hydrogen-bond acceptors (Lipinski definition) is 12. The van der Waals surface area contributed by atoms with Crippen molar-refractivity contribution in [3.63, 3.8) is 0 Å². The van der Waals surface area contributed by atoms with Crippen molar-refractivity contribution in [2.45, 2.75) is 90.0 Å². The highest BCUT2D eigenvalue weighted by Crippen LogP contribution is 2.71. The maximum absolute atomic E-state index is 17.6. The second kappa shape index (κ2) is 13.1. The Morgan fingerprint density at radius 1 is 1.11 bits per heavy atom. The molecule has 4 aliphatic carbocycles. The summed E-state index contributed by atoms with van der Waals surface area (Å²) >= 11 is 0. The van der Waals surface area contributed by atoms with Crippen LogP contribution < -0.4 is 0 Å². The fourth-order valence-corrected chi connectivity index (χ4v) is 8.58. The normalized spacial score (nSPS) is 37.6. The molecule has 3 saturated carbocycles. The van der Waals surface area contributed by atoms with Gasteiger partial charge in [0.1, 0.15) is 6.61 Å². The van der Waals surface area contributed by atoms with E-state index in [1.165, 1.54) is 12.2 Å². The fraction of sp³-hybridized carbons (Fsp3) is 0.742. The van der Waals surface area contributed by atoms with Gasteiger partial charge in [0, 0.05) is 29.1 Å². The molecule has 0 bridgehead atoms. The summed E-state index contributed by atoms with van der Waals surface area (Å²) < 4.78 is 34.0. The van der Waals surface area contributed by atoms with Gasteiger partial charge in [-0.15, -0.1) is 0 Å². The third kappa shape index (κ3) is 5.67. The lowest BCUT2D eigenvalue weighted by molar-refractivity contribution is -0.493. The number of fused-ring (bicyclic) bond motifs is 5. The van der Waals surface area contributed by atoms with Crippen molar-refractivity contribution in [1.82, 2.24) is 5.39 Å². The van der Waals surface area contributed by atoms with Crippen molar-refractivity contribution in [3.05, 3.63) is 23.8 Å². The summed E-state index contributed by atoms with van der Waals surface area (Å²) in [5.74, 6) is -4.09. The fourth-order valence-electron chi connectivity index (χ4n) is 8.58. The largest absolute Gasteiger partial charge is 0.456 e. The summed E-state index contributed by atoms with van der Waals surface area (Å²) in [6, 6.07) is 0. The number of aliphatic hydroxyl groups excluding tert-OH is 1. The molecule has 0 aromatic carbocycles. The number of alkyl halides is 1. The highest BCUT2D eigenvalue weighted by atomic mass is 19.1. The van der Waals surface area contributed by atoms with Crippen LogP contribution in [0.1, 0.15) is 72.6 Å². The molecule has 0 aliphatic heterocycles. The lowest BCUT2D eigenvalue weighted by Crippen LogP contribution is -2.70. The van der Waals surface area contributed by atoms with Crippen LogP contribution in [0.25, 0.3) is 0 Å². The van der Waals surface area contributed by atoms with Gasteiger partial charge >= 0.3 is 11.9 Å². The maximum atomic E-state index is 17.6. The first-order valence-corrected chi connectivity index (χ1v) is 15.3. The molecule has 0 radical (unpaired) electrons. The number of ether oxygens (including phenoxy) is 3. The van der Waals surface area contributed by atoms with Gasteiger partial charge in [-0.05, 0) is 57.1 Å². The number of aliphatic hydroxyl groups is 1. The molecule has 44 heavy (non-hydrogen) atoms. The van der Waals surface area contributed by atoms with Crippen molar-refractivity contribution < 1.29 is 58.1 Å². The Hall–Kier alpha value is -2.55. The van der Waals surface area contributed by atoms with Crippen molar-refractivity contribution in [3.8, 4) is 0 Å². The number of carbonyl (C=O) groups is 4. The minimum Gasteiger partial charge on any atom is -0.456 e. The van der Waals surface area contributed by atoms with Crippen LogP contribution in [-0.2, 0) is 38.2 Å². The highest BCUT2D eigenvalue weighted by molar-refractivity contribution is 6.01. The molecule has 246 valence electrons. The lowest BCUT2D eigenvalue weighted by atomic mass is 9.44. The first-order valence-electron chi connectivity index (χ1n) is 15.3. The summed E-state index contributed by atoms with van der Waals surface area (Å²) in [6.45, 7) is 5.42. The van der Waals surface area contributed by atoms with Gasteiger partial charge in [-0.1, -0.05) is 38.8 Å². The number of carbonyl (C=O) groups excluding carboxylic acids is 4. The molecule has 0 aromatic rings. The third-order valence-electron chi connectivity index (χ3n) is 10.6. The number of unbranched alkanes of at least 4 members (excludes halogenated alkanes) is 1. The first-order chi connectivity index (χ1) is 20.7. The molecular formula is C31H44FNO11. The van der Waals surface area contributed by atoms with Gasteiger partial charge in [0.15, 0.2) is 23.7 Å². The number of nitrogens with zero attached hydrogens (tertiary/aromatic N) is 1. The molecule has 4 rings (SSSR count). The predicted molar refractivity (Wildman–Crippen MR) is 149 cm³/mol. The number of halogens is 1. The average molecular weight is 626 g/mol. The number of ketones is 2. The van der Waals surface area contributed by atoms with Crippen LogP contribution in [0, 0.1) is 28.6 Å². The van der Waals surface area contributed by atoms with Crippen LogP contribution >= 0.6 is 0 Å². The summed E-state index contributed by atoms with van der Waals surface area (Å²) in [6.07, 6.45) is 5.09. The summed E-state index contributed by atoms with van der Waals surface area (Å²) in [5.41, 5.74) is -5.68. The molecule has 0 aromatic heterocycles. The number of hydrogen-bond donors (Lipinski definition) is 3. The molecule has 8 atom stereocenters. The van der Waals surface area contributed by atoms with Crippen LogP contribution in [0.15, 0.2) is 23.8 Å². The van der Waals surface area contributed by atoms with E-state index in [1.54, 1.807) is 26.8 Å². The van der Waals surface area contributed by atoms with E-state index in [9.17, 15) is 24.3 Å². The molecule has 0 saturated heterocycles. The van der Waals surface area contributed by atoms with Crippen molar-refractivity contribution >= 4 is 23.5 Å². The number of allylic oxidation sites excluding steroid dienone is 4. The minimum absolute atomic E-state index is 0.0673. The molecule has 0 heterocycles. The maximum Gasteiger partial charge on any atom is 0.332 e. The Bertz CT molecular complexity index is 1200. The smallest absolute Gasteiger partial charge is 0.332 e. The lowest BCUT2D eigenvalue weighted by Gasteiger charge is -2.62. The van der Waals surface area contributed by atoms with Crippen LogP contribution in [-0.4, -0.2) is 88.2 Å². The zero-order valence-corrected chi connectivity index (χ0v) is 25.8. The number of esters is 2. The van der Waals surface area contributed by atoms with E-state index in [4.69, 9.17) is 24.6 Å². The Balaban J connectivity index is 1.62.